The minimum Gasteiger partial charge on any atom is -0.236 e. The molecule has 4 heteroatoms. The van der Waals surface area contributed by atoms with Crippen molar-refractivity contribution in [3.8, 4) is 11.8 Å². The van der Waals surface area contributed by atoms with E-state index < -0.39 is 0 Å². The van der Waals surface area contributed by atoms with Crippen LogP contribution in [0.1, 0.15) is 17.0 Å². The van der Waals surface area contributed by atoms with Crippen LogP contribution in [0.5, 0.6) is 0 Å². The molecular formula is C12H10ClN3. The van der Waals surface area contributed by atoms with Gasteiger partial charge in [-0.3, -0.25) is 0 Å². The molecule has 0 unspecified atom stereocenters. The SMILES string of the molecule is Cc1cc(CCl)n(-c2cccc(C#N)c2)n1. The van der Waals surface area contributed by atoms with Gasteiger partial charge < -0.3 is 0 Å². The van der Waals surface area contributed by atoms with Crippen LogP contribution in [0, 0.1) is 18.3 Å². The standard InChI is InChI=1S/C12H10ClN3/c1-9-5-12(7-13)16(15-9)11-4-2-3-10(6-11)8-14/h2-6H,7H2,1H3. The summed E-state index contributed by atoms with van der Waals surface area (Å²) in [6.45, 7) is 1.92. The highest BCUT2D eigenvalue weighted by Crippen LogP contribution is 2.15. The van der Waals surface area contributed by atoms with Gasteiger partial charge in [-0.1, -0.05) is 6.07 Å². The van der Waals surface area contributed by atoms with E-state index in [-0.39, 0.29) is 0 Å². The number of nitrogens with zero attached hydrogens (tertiary/aromatic N) is 3. The van der Waals surface area contributed by atoms with Crippen LogP contribution in [0.25, 0.3) is 5.69 Å². The van der Waals surface area contributed by atoms with E-state index in [9.17, 15) is 0 Å². The van der Waals surface area contributed by atoms with Gasteiger partial charge >= 0.3 is 0 Å². The van der Waals surface area contributed by atoms with E-state index in [2.05, 4.69) is 11.2 Å². The monoisotopic (exact) mass is 231 g/mol. The molecule has 0 saturated heterocycles. The first kappa shape index (κ1) is 10.7. The maximum atomic E-state index is 8.83. The average Bonchev–Trinajstić information content (AvgIpc) is 2.70. The molecule has 0 spiro atoms. The Morgan fingerprint density at radius 3 is 2.94 bits per heavy atom. The Morgan fingerprint density at radius 2 is 2.25 bits per heavy atom. The van der Waals surface area contributed by atoms with Crippen molar-refractivity contribution in [2.45, 2.75) is 12.8 Å². The summed E-state index contributed by atoms with van der Waals surface area (Å²) >= 11 is 5.84. The summed E-state index contributed by atoms with van der Waals surface area (Å²) in [6, 6.07) is 11.3. The number of hydrogen-bond donors (Lipinski definition) is 0. The summed E-state index contributed by atoms with van der Waals surface area (Å²) in [4.78, 5) is 0. The second-order valence-corrected chi connectivity index (χ2v) is 3.75. The van der Waals surface area contributed by atoms with E-state index >= 15 is 0 Å². The van der Waals surface area contributed by atoms with Crippen LogP contribution in [0.15, 0.2) is 30.3 Å². The molecule has 0 aliphatic carbocycles. The molecule has 0 aliphatic heterocycles. The molecular weight excluding hydrogens is 222 g/mol. The predicted octanol–water partition coefficient (Wildman–Crippen LogP) is 2.79. The molecule has 80 valence electrons. The zero-order valence-corrected chi connectivity index (χ0v) is 9.57. The van der Waals surface area contributed by atoms with Gasteiger partial charge in [-0.15, -0.1) is 11.6 Å². The first-order valence-corrected chi connectivity index (χ1v) is 5.40. The van der Waals surface area contributed by atoms with Crippen molar-refractivity contribution in [2.24, 2.45) is 0 Å². The molecule has 0 radical (unpaired) electrons. The fourth-order valence-corrected chi connectivity index (χ4v) is 1.77. The molecule has 2 aromatic rings. The number of nitriles is 1. The third kappa shape index (κ3) is 1.93. The Bertz CT molecular complexity index is 552. The minimum absolute atomic E-state index is 0.400. The lowest BCUT2D eigenvalue weighted by atomic mass is 10.2. The van der Waals surface area contributed by atoms with Crippen LogP contribution < -0.4 is 0 Å². The smallest absolute Gasteiger partial charge is 0.0992 e. The first-order chi connectivity index (χ1) is 7.74. The van der Waals surface area contributed by atoms with Gasteiger partial charge in [0.05, 0.1) is 34.6 Å². The second-order valence-electron chi connectivity index (χ2n) is 3.48. The average molecular weight is 232 g/mol. The molecule has 16 heavy (non-hydrogen) atoms. The van der Waals surface area contributed by atoms with Gasteiger partial charge in [0.25, 0.3) is 0 Å². The molecule has 1 heterocycles. The molecule has 0 saturated carbocycles. The van der Waals surface area contributed by atoms with Gasteiger partial charge in [-0.2, -0.15) is 10.4 Å². The zero-order valence-electron chi connectivity index (χ0n) is 8.81. The van der Waals surface area contributed by atoms with Gasteiger partial charge in [0, 0.05) is 0 Å². The molecule has 1 aromatic heterocycles. The van der Waals surface area contributed by atoms with Crippen molar-refractivity contribution in [1.29, 1.82) is 5.26 Å². The largest absolute Gasteiger partial charge is 0.236 e. The van der Waals surface area contributed by atoms with Crippen molar-refractivity contribution in [1.82, 2.24) is 9.78 Å². The second kappa shape index (κ2) is 4.38. The summed E-state index contributed by atoms with van der Waals surface area (Å²) < 4.78 is 1.77. The predicted molar refractivity (Wildman–Crippen MR) is 62.6 cm³/mol. The van der Waals surface area contributed by atoms with Gasteiger partial charge in [-0.05, 0) is 31.2 Å². The van der Waals surface area contributed by atoms with E-state index in [1.165, 1.54) is 0 Å². The molecule has 0 aliphatic rings. The Labute approximate surface area is 98.9 Å². The van der Waals surface area contributed by atoms with Gasteiger partial charge in [-0.25, -0.2) is 4.68 Å². The van der Waals surface area contributed by atoms with E-state index in [1.807, 2.05) is 25.1 Å². The number of benzene rings is 1. The number of alkyl halides is 1. The third-order valence-electron chi connectivity index (χ3n) is 2.26. The van der Waals surface area contributed by atoms with E-state index in [4.69, 9.17) is 16.9 Å². The van der Waals surface area contributed by atoms with Gasteiger partial charge in [0.15, 0.2) is 0 Å². The number of aryl methyl sites for hydroxylation is 1. The lowest BCUT2D eigenvalue weighted by Crippen LogP contribution is -2.00. The maximum absolute atomic E-state index is 8.83. The highest BCUT2D eigenvalue weighted by molar-refractivity contribution is 6.16. The van der Waals surface area contributed by atoms with Crippen molar-refractivity contribution in [3.63, 3.8) is 0 Å². The summed E-state index contributed by atoms with van der Waals surface area (Å²) in [5.74, 6) is 0.400. The van der Waals surface area contributed by atoms with Gasteiger partial charge in [0.1, 0.15) is 0 Å². The fraction of sp³-hybridized carbons (Fsp3) is 0.167. The highest BCUT2D eigenvalue weighted by atomic mass is 35.5. The fourth-order valence-electron chi connectivity index (χ4n) is 1.58. The normalized spacial score (nSPS) is 10.1. The Hall–Kier alpha value is -1.79. The number of halogens is 1. The summed E-state index contributed by atoms with van der Waals surface area (Å²) in [5.41, 5.74) is 3.32. The highest BCUT2D eigenvalue weighted by Gasteiger charge is 2.06. The molecule has 0 bridgehead atoms. The maximum Gasteiger partial charge on any atom is 0.0992 e. The lowest BCUT2D eigenvalue weighted by molar-refractivity contribution is 0.827. The third-order valence-corrected chi connectivity index (χ3v) is 2.54. The Kier molecular flexibility index (Phi) is 2.93. The van der Waals surface area contributed by atoms with Crippen molar-refractivity contribution in [3.05, 3.63) is 47.3 Å². The summed E-state index contributed by atoms with van der Waals surface area (Å²) in [5, 5.41) is 13.2. The van der Waals surface area contributed by atoms with Crippen LogP contribution in [0.2, 0.25) is 0 Å². The van der Waals surface area contributed by atoms with Crippen molar-refractivity contribution in [2.75, 3.05) is 0 Å². The molecule has 2 rings (SSSR count). The topological polar surface area (TPSA) is 41.6 Å². The first-order valence-electron chi connectivity index (χ1n) is 4.86. The number of hydrogen-bond acceptors (Lipinski definition) is 2. The minimum atomic E-state index is 0.400. The zero-order chi connectivity index (χ0) is 11.5. The summed E-state index contributed by atoms with van der Waals surface area (Å²) in [6.07, 6.45) is 0. The Balaban J connectivity index is 2.54. The quantitative estimate of drug-likeness (QED) is 0.746. The van der Waals surface area contributed by atoms with Crippen molar-refractivity contribution >= 4 is 11.6 Å². The van der Waals surface area contributed by atoms with Crippen LogP contribution in [0.3, 0.4) is 0 Å². The van der Waals surface area contributed by atoms with Crippen LogP contribution in [-0.4, -0.2) is 9.78 Å². The molecule has 0 amide bonds. The van der Waals surface area contributed by atoms with E-state index in [1.54, 1.807) is 16.8 Å². The van der Waals surface area contributed by atoms with Crippen molar-refractivity contribution < 1.29 is 0 Å². The van der Waals surface area contributed by atoms with E-state index in [0.717, 1.165) is 17.1 Å². The number of rotatable bonds is 2. The molecule has 0 atom stereocenters. The molecule has 0 N–H and O–H groups in total. The Morgan fingerprint density at radius 1 is 1.44 bits per heavy atom. The molecule has 0 fully saturated rings. The number of aromatic nitrogens is 2. The summed E-state index contributed by atoms with van der Waals surface area (Å²) in [7, 11) is 0. The lowest BCUT2D eigenvalue weighted by Gasteiger charge is -2.05. The van der Waals surface area contributed by atoms with Crippen LogP contribution in [-0.2, 0) is 5.88 Å². The van der Waals surface area contributed by atoms with E-state index in [0.29, 0.717) is 11.4 Å². The van der Waals surface area contributed by atoms with Crippen LogP contribution in [0.4, 0.5) is 0 Å². The molecule has 3 nitrogen and oxygen atoms in total. The van der Waals surface area contributed by atoms with Gasteiger partial charge in [0.2, 0.25) is 0 Å². The van der Waals surface area contributed by atoms with Crippen LogP contribution >= 0.6 is 11.6 Å². The molecule has 1 aromatic carbocycles.